The first-order valence-electron chi connectivity index (χ1n) is 12.1. The smallest absolute Gasteiger partial charge is 0.255 e. The number of hydrogen-bond acceptors (Lipinski definition) is 6. The lowest BCUT2D eigenvalue weighted by Crippen LogP contribution is -2.31. The summed E-state index contributed by atoms with van der Waals surface area (Å²) in [6, 6.07) is 17.0. The summed E-state index contributed by atoms with van der Waals surface area (Å²) < 4.78 is 26.5. The van der Waals surface area contributed by atoms with E-state index in [0.717, 1.165) is 27.9 Å². The van der Waals surface area contributed by atoms with Crippen molar-refractivity contribution in [1.29, 1.82) is 0 Å². The molecule has 1 amide bonds. The van der Waals surface area contributed by atoms with Crippen LogP contribution in [0.2, 0.25) is 0 Å². The van der Waals surface area contributed by atoms with E-state index in [0.29, 0.717) is 28.7 Å². The van der Waals surface area contributed by atoms with Gasteiger partial charge in [0, 0.05) is 11.4 Å². The molecule has 0 aliphatic carbocycles. The number of allylic oxidation sites excluding steroid dienone is 1. The van der Waals surface area contributed by atoms with Crippen molar-refractivity contribution in [1.82, 2.24) is 14.8 Å². The lowest BCUT2D eigenvalue weighted by Gasteiger charge is -2.29. The number of fused-ring (bicyclic) bond motifs is 1. The predicted molar refractivity (Wildman–Crippen MR) is 143 cm³/mol. The Morgan fingerprint density at radius 1 is 1.05 bits per heavy atom. The second kappa shape index (κ2) is 10.4. The van der Waals surface area contributed by atoms with Crippen molar-refractivity contribution < 1.29 is 18.7 Å². The van der Waals surface area contributed by atoms with Crippen LogP contribution in [-0.2, 0) is 11.4 Å². The number of amides is 1. The average Bonchev–Trinajstić information content (AvgIpc) is 3.37. The third-order valence-corrected chi connectivity index (χ3v) is 6.48. The fourth-order valence-electron chi connectivity index (χ4n) is 4.55. The first kappa shape index (κ1) is 25.0. The second-order valence-corrected chi connectivity index (χ2v) is 9.19. The van der Waals surface area contributed by atoms with Gasteiger partial charge in [0.1, 0.15) is 24.8 Å². The molecule has 0 radical (unpaired) electrons. The molecule has 0 spiro atoms. The van der Waals surface area contributed by atoms with Crippen LogP contribution in [0.3, 0.4) is 0 Å². The Balaban J connectivity index is 1.47. The van der Waals surface area contributed by atoms with Crippen LogP contribution in [0.25, 0.3) is 0 Å². The minimum absolute atomic E-state index is 0.247. The maximum atomic E-state index is 13.7. The maximum absolute atomic E-state index is 13.7. The Morgan fingerprint density at radius 3 is 2.58 bits per heavy atom. The summed E-state index contributed by atoms with van der Waals surface area (Å²) in [5.74, 6) is 1.01. The van der Waals surface area contributed by atoms with Gasteiger partial charge in [0.2, 0.25) is 5.95 Å². The van der Waals surface area contributed by atoms with Crippen LogP contribution in [-0.4, -0.2) is 27.8 Å². The highest BCUT2D eigenvalue weighted by Gasteiger charge is 2.34. The first-order valence-corrected chi connectivity index (χ1v) is 12.1. The molecule has 4 aromatic rings. The molecule has 38 heavy (non-hydrogen) atoms. The maximum Gasteiger partial charge on any atom is 0.255 e. The van der Waals surface area contributed by atoms with Gasteiger partial charge in [-0.05, 0) is 67.8 Å². The topological polar surface area (TPSA) is 90.3 Å². The summed E-state index contributed by atoms with van der Waals surface area (Å²) in [5, 5.41) is 10.7. The van der Waals surface area contributed by atoms with Gasteiger partial charge in [-0.3, -0.25) is 4.79 Å². The largest absolute Gasteiger partial charge is 0.493 e. The number of ether oxygens (including phenoxy) is 2. The zero-order valence-electron chi connectivity index (χ0n) is 21.6. The zero-order valence-corrected chi connectivity index (χ0v) is 21.6. The molecule has 2 N–H and O–H groups in total. The summed E-state index contributed by atoms with van der Waals surface area (Å²) in [5.41, 5.74) is 5.61. The number of halogens is 1. The van der Waals surface area contributed by atoms with Crippen molar-refractivity contribution in [3.8, 4) is 11.5 Å². The van der Waals surface area contributed by atoms with E-state index in [-0.39, 0.29) is 18.3 Å². The molecule has 0 unspecified atom stereocenters. The number of nitrogens with one attached hydrogen (secondary N) is 2. The lowest BCUT2D eigenvalue weighted by atomic mass is 9.94. The van der Waals surface area contributed by atoms with Crippen molar-refractivity contribution in [2.45, 2.75) is 33.4 Å². The van der Waals surface area contributed by atoms with Crippen LogP contribution >= 0.6 is 0 Å². The van der Waals surface area contributed by atoms with Crippen molar-refractivity contribution in [3.05, 3.63) is 106 Å². The van der Waals surface area contributed by atoms with Gasteiger partial charge in [0.25, 0.3) is 5.91 Å². The number of rotatable bonds is 7. The molecular formula is C29H28FN5O3. The lowest BCUT2D eigenvalue weighted by molar-refractivity contribution is -0.113. The van der Waals surface area contributed by atoms with Crippen molar-refractivity contribution in [2.75, 3.05) is 17.7 Å². The van der Waals surface area contributed by atoms with Crippen molar-refractivity contribution >= 4 is 17.5 Å². The van der Waals surface area contributed by atoms with E-state index in [2.05, 4.69) is 20.7 Å². The highest BCUT2D eigenvalue weighted by atomic mass is 19.1. The van der Waals surface area contributed by atoms with E-state index in [1.807, 2.05) is 51.1 Å². The van der Waals surface area contributed by atoms with Crippen LogP contribution < -0.4 is 20.1 Å². The molecule has 1 aliphatic rings. The summed E-state index contributed by atoms with van der Waals surface area (Å²) in [6.45, 7) is 6.07. The highest BCUT2D eigenvalue weighted by molar-refractivity contribution is 6.06. The average molecular weight is 514 g/mol. The van der Waals surface area contributed by atoms with Gasteiger partial charge >= 0.3 is 0 Å². The third-order valence-electron chi connectivity index (χ3n) is 6.48. The van der Waals surface area contributed by atoms with Crippen LogP contribution in [0.1, 0.15) is 35.2 Å². The summed E-state index contributed by atoms with van der Waals surface area (Å²) >= 11 is 0. The molecular weight excluding hydrogens is 485 g/mol. The van der Waals surface area contributed by atoms with Gasteiger partial charge in [0.15, 0.2) is 11.5 Å². The molecule has 3 aromatic carbocycles. The molecule has 1 aromatic heterocycles. The molecule has 1 aliphatic heterocycles. The molecule has 0 saturated carbocycles. The van der Waals surface area contributed by atoms with E-state index in [1.165, 1.54) is 18.5 Å². The molecule has 9 heteroatoms. The number of anilines is 2. The van der Waals surface area contributed by atoms with E-state index in [4.69, 9.17) is 9.47 Å². The number of methoxy groups -OCH3 is 1. The number of benzene rings is 3. The predicted octanol–water partition coefficient (Wildman–Crippen LogP) is 5.55. The van der Waals surface area contributed by atoms with Crippen molar-refractivity contribution in [2.24, 2.45) is 0 Å². The molecule has 8 nitrogen and oxygen atoms in total. The molecule has 1 atom stereocenters. The second-order valence-electron chi connectivity index (χ2n) is 9.19. The summed E-state index contributed by atoms with van der Waals surface area (Å²) in [4.78, 5) is 18.0. The molecule has 0 fully saturated rings. The molecule has 0 bridgehead atoms. The van der Waals surface area contributed by atoms with Gasteiger partial charge < -0.3 is 20.1 Å². The van der Waals surface area contributed by atoms with Gasteiger partial charge in [0.05, 0.1) is 12.7 Å². The Bertz CT molecular complexity index is 1530. The van der Waals surface area contributed by atoms with Crippen LogP contribution in [0, 0.1) is 19.7 Å². The fraction of sp³-hybridized carbons (Fsp3) is 0.207. The molecule has 5 rings (SSSR count). The number of hydrogen-bond donors (Lipinski definition) is 2. The van der Waals surface area contributed by atoms with Gasteiger partial charge in [-0.25, -0.2) is 9.07 Å². The van der Waals surface area contributed by atoms with Gasteiger partial charge in [-0.1, -0.05) is 35.9 Å². The number of nitrogens with zero attached hydrogens (tertiary/aromatic N) is 3. The van der Waals surface area contributed by atoms with Crippen molar-refractivity contribution in [3.63, 3.8) is 0 Å². The zero-order chi connectivity index (χ0) is 26.8. The standard InChI is InChI=1S/C29H28FN5O3/c1-17-5-11-23(18(2)13-17)34-28(36)26-19(3)33-29-31-16-32-35(29)27(26)21-8-12-24(25(14-21)37-4)38-15-20-6-9-22(30)10-7-20/h5-14,16,27H,15H2,1-4H3,(H,34,36)(H,31,32,33)/t27-/m0/s1. The Kier molecular flexibility index (Phi) is 6.83. The SMILES string of the molecule is COc1cc([C@H]2C(C(=O)Nc3ccc(C)cc3C)=C(C)Nc3ncnn32)ccc1OCc1ccc(F)cc1. The highest BCUT2D eigenvalue weighted by Crippen LogP contribution is 2.39. The number of aryl methyl sites for hydroxylation is 2. The Hall–Kier alpha value is -4.66. The van der Waals surface area contributed by atoms with E-state index in [1.54, 1.807) is 30.0 Å². The van der Waals surface area contributed by atoms with E-state index >= 15 is 0 Å². The third kappa shape index (κ3) is 4.95. The van der Waals surface area contributed by atoms with E-state index in [9.17, 15) is 9.18 Å². The minimum Gasteiger partial charge on any atom is -0.493 e. The van der Waals surface area contributed by atoms with Crippen LogP contribution in [0.4, 0.5) is 16.0 Å². The number of aromatic nitrogens is 3. The first-order chi connectivity index (χ1) is 18.3. The van der Waals surface area contributed by atoms with E-state index < -0.39 is 6.04 Å². The normalized spacial score (nSPS) is 14.5. The minimum atomic E-state index is -0.556. The number of carbonyl (C=O) groups excluding carboxylic acids is 1. The Morgan fingerprint density at radius 2 is 1.84 bits per heavy atom. The fourth-order valence-corrected chi connectivity index (χ4v) is 4.55. The Labute approximate surface area is 220 Å². The van der Waals surface area contributed by atoms with Crippen LogP contribution in [0.15, 0.2) is 78.3 Å². The van der Waals surface area contributed by atoms with Gasteiger partial charge in [-0.15, -0.1) is 0 Å². The monoisotopic (exact) mass is 513 g/mol. The molecule has 194 valence electrons. The summed E-state index contributed by atoms with van der Waals surface area (Å²) in [6.07, 6.45) is 1.45. The quantitative estimate of drug-likeness (QED) is 0.337. The van der Waals surface area contributed by atoms with Crippen LogP contribution in [0.5, 0.6) is 11.5 Å². The molecule has 0 saturated heterocycles. The molecule has 2 heterocycles. The van der Waals surface area contributed by atoms with Gasteiger partial charge in [-0.2, -0.15) is 10.1 Å². The number of carbonyl (C=O) groups is 1. The summed E-state index contributed by atoms with van der Waals surface area (Å²) in [7, 11) is 1.56.